The fraction of sp³-hybridized carbons (Fsp3) is 0.200. The van der Waals surface area contributed by atoms with E-state index in [0.29, 0.717) is 11.4 Å². The van der Waals surface area contributed by atoms with Crippen LogP contribution in [0, 0.1) is 6.92 Å². The Morgan fingerprint density at radius 3 is 2.55 bits per heavy atom. The van der Waals surface area contributed by atoms with E-state index >= 15 is 0 Å². The van der Waals surface area contributed by atoms with Crippen LogP contribution in [0.3, 0.4) is 0 Å². The highest BCUT2D eigenvalue weighted by atomic mass is 79.9. The number of halogens is 1. The number of anilines is 2. The molecule has 150 valence electrons. The van der Waals surface area contributed by atoms with Crippen LogP contribution in [0.5, 0.6) is 0 Å². The van der Waals surface area contributed by atoms with Crippen molar-refractivity contribution in [3.05, 3.63) is 58.1 Å². The summed E-state index contributed by atoms with van der Waals surface area (Å²) in [5.74, 6) is -1.62. The van der Waals surface area contributed by atoms with Crippen molar-refractivity contribution in [3.63, 3.8) is 0 Å². The SMILES string of the molecule is Cc1cc(NC(=O)COC(=O)c2ccc(N3NC(=O)CCC3=O)cc2)ccc1Br. The lowest BCUT2D eigenvalue weighted by molar-refractivity contribution is -0.130. The van der Waals surface area contributed by atoms with Crippen molar-refractivity contribution in [2.24, 2.45) is 0 Å². The Kier molecular flexibility index (Phi) is 6.28. The first-order valence-electron chi connectivity index (χ1n) is 8.79. The monoisotopic (exact) mass is 459 g/mol. The number of hydrogen-bond acceptors (Lipinski definition) is 5. The number of benzene rings is 2. The van der Waals surface area contributed by atoms with Crippen LogP contribution in [0.4, 0.5) is 11.4 Å². The van der Waals surface area contributed by atoms with Gasteiger partial charge < -0.3 is 10.1 Å². The zero-order chi connectivity index (χ0) is 21.0. The smallest absolute Gasteiger partial charge is 0.338 e. The lowest BCUT2D eigenvalue weighted by Gasteiger charge is -2.27. The Hall–Kier alpha value is -3.20. The standard InChI is InChI=1S/C20H18BrN3O5/c1-12-10-14(4-7-16(12)21)22-18(26)11-29-20(28)13-2-5-15(6-3-13)24-19(27)9-8-17(25)23-24/h2-7,10H,8-9,11H2,1H3,(H,22,26)(H,23,25). The molecule has 2 N–H and O–H groups in total. The fourth-order valence-electron chi connectivity index (χ4n) is 2.66. The van der Waals surface area contributed by atoms with E-state index in [-0.39, 0.29) is 30.2 Å². The Morgan fingerprint density at radius 2 is 1.86 bits per heavy atom. The number of ether oxygens (including phenoxy) is 1. The molecule has 1 heterocycles. The molecule has 1 aliphatic heterocycles. The summed E-state index contributed by atoms with van der Waals surface area (Å²) in [5.41, 5.74) is 4.69. The molecule has 0 spiro atoms. The maximum absolute atomic E-state index is 12.1. The van der Waals surface area contributed by atoms with E-state index in [1.807, 2.05) is 13.0 Å². The average Bonchev–Trinajstić information content (AvgIpc) is 2.71. The molecule has 8 nitrogen and oxygen atoms in total. The number of carbonyl (C=O) groups is 4. The number of hydrazine groups is 1. The maximum Gasteiger partial charge on any atom is 0.338 e. The van der Waals surface area contributed by atoms with E-state index in [0.717, 1.165) is 15.0 Å². The van der Waals surface area contributed by atoms with Gasteiger partial charge in [-0.2, -0.15) is 0 Å². The van der Waals surface area contributed by atoms with Crippen molar-refractivity contribution < 1.29 is 23.9 Å². The third kappa shape index (κ3) is 5.20. The normalized spacial score (nSPS) is 13.7. The van der Waals surface area contributed by atoms with Crippen LogP contribution >= 0.6 is 15.9 Å². The van der Waals surface area contributed by atoms with Crippen molar-refractivity contribution in [2.75, 3.05) is 16.9 Å². The minimum atomic E-state index is -0.673. The highest BCUT2D eigenvalue weighted by molar-refractivity contribution is 9.10. The second-order valence-corrected chi connectivity index (χ2v) is 7.25. The lowest BCUT2D eigenvalue weighted by Crippen LogP contribution is -2.50. The van der Waals surface area contributed by atoms with Crippen LogP contribution in [0.25, 0.3) is 0 Å². The van der Waals surface area contributed by atoms with Crippen LogP contribution in [-0.4, -0.2) is 30.3 Å². The minimum absolute atomic E-state index is 0.128. The van der Waals surface area contributed by atoms with Gasteiger partial charge >= 0.3 is 5.97 Å². The van der Waals surface area contributed by atoms with Crippen molar-refractivity contribution in [3.8, 4) is 0 Å². The molecule has 9 heteroatoms. The quantitative estimate of drug-likeness (QED) is 0.668. The molecule has 0 radical (unpaired) electrons. The van der Waals surface area contributed by atoms with Gasteiger partial charge in [-0.3, -0.25) is 19.8 Å². The predicted octanol–water partition coefficient (Wildman–Crippen LogP) is 2.71. The van der Waals surface area contributed by atoms with E-state index in [2.05, 4.69) is 26.7 Å². The highest BCUT2D eigenvalue weighted by Crippen LogP contribution is 2.20. The van der Waals surface area contributed by atoms with Gasteiger partial charge in [0.25, 0.3) is 5.91 Å². The van der Waals surface area contributed by atoms with Gasteiger partial charge in [-0.05, 0) is 55.0 Å². The summed E-state index contributed by atoms with van der Waals surface area (Å²) in [6.45, 7) is 1.46. The van der Waals surface area contributed by atoms with Gasteiger partial charge in [-0.15, -0.1) is 0 Å². The van der Waals surface area contributed by atoms with Crippen LogP contribution in [0.1, 0.15) is 28.8 Å². The zero-order valence-corrected chi connectivity index (χ0v) is 17.1. The predicted molar refractivity (Wildman–Crippen MR) is 109 cm³/mol. The average molecular weight is 460 g/mol. The first-order valence-corrected chi connectivity index (χ1v) is 9.58. The molecule has 0 atom stereocenters. The van der Waals surface area contributed by atoms with E-state index < -0.39 is 18.5 Å². The molecule has 3 amide bonds. The Bertz CT molecular complexity index is 975. The molecule has 0 saturated carbocycles. The van der Waals surface area contributed by atoms with Crippen LogP contribution in [-0.2, 0) is 19.1 Å². The largest absolute Gasteiger partial charge is 0.452 e. The number of hydrogen-bond donors (Lipinski definition) is 2. The third-order valence-corrected chi connectivity index (χ3v) is 5.08. The molecule has 2 aromatic carbocycles. The summed E-state index contributed by atoms with van der Waals surface area (Å²) in [4.78, 5) is 47.5. The Balaban J connectivity index is 1.55. The molecular weight excluding hydrogens is 442 g/mol. The number of rotatable bonds is 5. The number of nitrogens with zero attached hydrogens (tertiary/aromatic N) is 1. The molecule has 1 aliphatic rings. The molecule has 3 rings (SSSR count). The number of nitrogens with one attached hydrogen (secondary N) is 2. The van der Waals surface area contributed by atoms with Gasteiger partial charge in [-0.1, -0.05) is 15.9 Å². The number of amides is 3. The van der Waals surface area contributed by atoms with Gasteiger partial charge in [0.2, 0.25) is 11.8 Å². The van der Waals surface area contributed by atoms with Crippen molar-refractivity contribution in [1.29, 1.82) is 0 Å². The molecule has 0 aliphatic carbocycles. The van der Waals surface area contributed by atoms with Gasteiger partial charge in [0.05, 0.1) is 11.3 Å². The molecule has 0 unspecified atom stereocenters. The molecule has 2 aromatic rings. The molecular formula is C20H18BrN3O5. The Labute approximate surface area is 175 Å². The first kappa shape index (κ1) is 20.5. The number of aryl methyl sites for hydroxylation is 1. The molecule has 0 bridgehead atoms. The van der Waals surface area contributed by atoms with Crippen molar-refractivity contribution >= 4 is 51.0 Å². The fourth-order valence-corrected chi connectivity index (χ4v) is 2.91. The topological polar surface area (TPSA) is 105 Å². The number of carbonyl (C=O) groups excluding carboxylic acids is 4. The summed E-state index contributed by atoms with van der Waals surface area (Å²) in [5, 5.41) is 3.80. The van der Waals surface area contributed by atoms with Crippen LogP contribution < -0.4 is 15.8 Å². The van der Waals surface area contributed by atoms with Crippen molar-refractivity contribution in [2.45, 2.75) is 19.8 Å². The lowest BCUT2D eigenvalue weighted by atomic mass is 10.2. The molecule has 0 aromatic heterocycles. The van der Waals surface area contributed by atoms with E-state index in [9.17, 15) is 19.2 Å². The molecule has 1 saturated heterocycles. The third-order valence-electron chi connectivity index (χ3n) is 4.19. The van der Waals surface area contributed by atoms with Gasteiger partial charge in [0.15, 0.2) is 6.61 Å². The van der Waals surface area contributed by atoms with E-state index in [1.165, 1.54) is 24.3 Å². The van der Waals surface area contributed by atoms with Crippen molar-refractivity contribution in [1.82, 2.24) is 5.43 Å². The summed E-state index contributed by atoms with van der Waals surface area (Å²) in [7, 11) is 0. The second-order valence-electron chi connectivity index (χ2n) is 6.40. The van der Waals surface area contributed by atoms with Gasteiger partial charge in [0, 0.05) is 23.0 Å². The highest BCUT2D eigenvalue weighted by Gasteiger charge is 2.24. The Morgan fingerprint density at radius 1 is 1.14 bits per heavy atom. The van der Waals surface area contributed by atoms with Gasteiger partial charge in [0.1, 0.15) is 0 Å². The van der Waals surface area contributed by atoms with Crippen LogP contribution in [0.15, 0.2) is 46.9 Å². The maximum atomic E-state index is 12.1. The number of esters is 1. The summed E-state index contributed by atoms with van der Waals surface area (Å²) < 4.78 is 5.96. The summed E-state index contributed by atoms with van der Waals surface area (Å²) >= 11 is 3.38. The first-order chi connectivity index (χ1) is 13.8. The van der Waals surface area contributed by atoms with E-state index in [4.69, 9.17) is 4.74 Å². The summed E-state index contributed by atoms with van der Waals surface area (Å²) in [6, 6.07) is 11.3. The second kappa shape index (κ2) is 8.87. The van der Waals surface area contributed by atoms with Crippen LogP contribution in [0.2, 0.25) is 0 Å². The van der Waals surface area contributed by atoms with E-state index in [1.54, 1.807) is 12.1 Å². The van der Waals surface area contributed by atoms with Gasteiger partial charge in [-0.25, -0.2) is 9.80 Å². The zero-order valence-electron chi connectivity index (χ0n) is 15.5. The molecule has 29 heavy (non-hydrogen) atoms. The summed E-state index contributed by atoms with van der Waals surface area (Å²) in [6.07, 6.45) is 0.282. The molecule has 1 fully saturated rings. The minimum Gasteiger partial charge on any atom is -0.452 e.